The van der Waals surface area contributed by atoms with E-state index in [1.807, 2.05) is 30.3 Å². The van der Waals surface area contributed by atoms with E-state index in [-0.39, 0.29) is 30.7 Å². The predicted octanol–water partition coefficient (Wildman–Crippen LogP) is 4.01. The number of carbonyl (C=O) groups excluding carboxylic acids is 3. The van der Waals surface area contributed by atoms with Crippen LogP contribution in [0.4, 0.5) is 0 Å². The van der Waals surface area contributed by atoms with Crippen molar-refractivity contribution >= 4 is 40.3 Å². The minimum absolute atomic E-state index is 0.0354. The summed E-state index contributed by atoms with van der Waals surface area (Å²) in [6, 6.07) is 20.6. The van der Waals surface area contributed by atoms with Gasteiger partial charge in [-0.25, -0.2) is 0 Å². The lowest BCUT2D eigenvalue weighted by Gasteiger charge is -2.32. The molecule has 0 saturated carbocycles. The summed E-state index contributed by atoms with van der Waals surface area (Å²) in [5.74, 6) is -0.382. The number of amides is 3. The van der Waals surface area contributed by atoms with E-state index in [4.69, 9.17) is 20.8 Å². The largest absolute Gasteiger partial charge is 0.490 e. The molecule has 2 aromatic heterocycles. The van der Waals surface area contributed by atoms with Crippen LogP contribution in [-0.2, 0) is 16.0 Å². The number of halogens is 1. The van der Waals surface area contributed by atoms with Crippen molar-refractivity contribution < 1.29 is 23.5 Å². The first kappa shape index (κ1) is 27.2. The maximum absolute atomic E-state index is 13.2. The van der Waals surface area contributed by atoms with E-state index in [1.54, 1.807) is 53.6 Å². The topological polar surface area (TPSA) is 114 Å². The Morgan fingerprint density at radius 3 is 2.55 bits per heavy atom. The van der Waals surface area contributed by atoms with Gasteiger partial charge in [-0.05, 0) is 48.5 Å². The first-order chi connectivity index (χ1) is 19.4. The summed E-state index contributed by atoms with van der Waals surface area (Å²) >= 11 is 6.04. The van der Waals surface area contributed by atoms with E-state index >= 15 is 0 Å². The number of rotatable bonds is 9. The number of fused-ring (bicyclic) bond motifs is 1. The molecular formula is C30H29ClN4O5. The van der Waals surface area contributed by atoms with Gasteiger partial charge in [0.05, 0.1) is 6.54 Å². The van der Waals surface area contributed by atoms with Crippen molar-refractivity contribution in [3.05, 3.63) is 95.5 Å². The van der Waals surface area contributed by atoms with Crippen LogP contribution < -0.4 is 15.4 Å². The number of hydrogen-bond donors (Lipinski definition) is 2. The van der Waals surface area contributed by atoms with E-state index in [1.165, 1.54) is 0 Å². The first-order valence-corrected chi connectivity index (χ1v) is 13.5. The van der Waals surface area contributed by atoms with Gasteiger partial charge in [-0.3, -0.25) is 19.4 Å². The number of benzene rings is 2. The Kier molecular flexibility index (Phi) is 8.61. The van der Waals surface area contributed by atoms with Crippen molar-refractivity contribution in [1.29, 1.82) is 0 Å². The van der Waals surface area contributed by atoms with Gasteiger partial charge >= 0.3 is 0 Å². The van der Waals surface area contributed by atoms with Gasteiger partial charge in [0.2, 0.25) is 11.8 Å². The molecule has 3 amide bonds. The number of aromatic nitrogens is 1. The minimum Gasteiger partial charge on any atom is -0.490 e. The molecule has 2 aromatic carbocycles. The summed E-state index contributed by atoms with van der Waals surface area (Å²) in [5.41, 5.74) is 1.12. The quantitative estimate of drug-likeness (QED) is 0.320. The molecule has 206 valence electrons. The third-order valence-corrected chi connectivity index (χ3v) is 6.95. The molecule has 1 aliphatic heterocycles. The lowest BCUT2D eigenvalue weighted by molar-refractivity contribution is -0.134. The van der Waals surface area contributed by atoms with Crippen molar-refractivity contribution in [3.63, 3.8) is 0 Å². The molecule has 5 rings (SSSR count). The third kappa shape index (κ3) is 6.98. The number of carbonyl (C=O) groups is 3. The van der Waals surface area contributed by atoms with E-state index in [9.17, 15) is 14.4 Å². The van der Waals surface area contributed by atoms with Gasteiger partial charge in [0.1, 0.15) is 23.5 Å². The van der Waals surface area contributed by atoms with Crippen LogP contribution in [-0.4, -0.2) is 59.4 Å². The molecule has 0 radical (unpaired) electrons. The second-order valence-corrected chi connectivity index (χ2v) is 10.0. The van der Waals surface area contributed by atoms with Crippen LogP contribution in [0.15, 0.2) is 83.4 Å². The zero-order valence-corrected chi connectivity index (χ0v) is 22.5. The fourth-order valence-electron chi connectivity index (χ4n) is 4.61. The van der Waals surface area contributed by atoms with Crippen LogP contribution in [0.1, 0.15) is 29.1 Å². The monoisotopic (exact) mass is 560 g/mol. The molecule has 0 bridgehead atoms. The molecule has 0 unspecified atom stereocenters. The molecule has 3 heterocycles. The molecule has 40 heavy (non-hydrogen) atoms. The standard InChI is InChI=1S/C30H29ClN4O5/c31-21-9-10-26-20(16-21)17-27(40-26)30(38)34-25(18-22-6-4-5-13-32-22)29(37)33-19-28(36)35-14-11-24(12-15-35)39-23-7-2-1-3-8-23/h1-10,13,16-17,24-25H,11-12,14-15,18-19H2,(H,33,37)(H,34,38)/t25-/m0/s1. The van der Waals surface area contributed by atoms with Crippen molar-refractivity contribution in [2.75, 3.05) is 19.6 Å². The third-order valence-electron chi connectivity index (χ3n) is 6.72. The Morgan fingerprint density at radius 1 is 1.02 bits per heavy atom. The second-order valence-electron chi connectivity index (χ2n) is 9.57. The smallest absolute Gasteiger partial charge is 0.287 e. The highest BCUT2D eigenvalue weighted by molar-refractivity contribution is 6.31. The molecule has 0 spiro atoms. The normalized spacial score (nSPS) is 14.5. The Bertz CT molecular complexity index is 1470. The van der Waals surface area contributed by atoms with Gasteiger partial charge in [-0.1, -0.05) is 35.9 Å². The Balaban J connectivity index is 1.18. The molecule has 2 N–H and O–H groups in total. The molecular weight excluding hydrogens is 532 g/mol. The number of nitrogens with one attached hydrogen (secondary N) is 2. The van der Waals surface area contributed by atoms with Crippen LogP contribution >= 0.6 is 11.6 Å². The average Bonchev–Trinajstić information content (AvgIpc) is 3.40. The van der Waals surface area contributed by atoms with Gasteiger partial charge < -0.3 is 24.7 Å². The number of para-hydroxylation sites is 1. The number of furan rings is 1. The fraction of sp³-hybridized carbons (Fsp3) is 0.267. The molecule has 1 saturated heterocycles. The van der Waals surface area contributed by atoms with E-state index in [2.05, 4.69) is 15.6 Å². The minimum atomic E-state index is -0.975. The highest BCUT2D eigenvalue weighted by atomic mass is 35.5. The van der Waals surface area contributed by atoms with Crippen LogP contribution in [0.5, 0.6) is 5.75 Å². The molecule has 10 heteroatoms. The van der Waals surface area contributed by atoms with Gasteiger partial charge in [-0.2, -0.15) is 0 Å². The van der Waals surface area contributed by atoms with E-state index in [0.717, 1.165) is 5.75 Å². The van der Waals surface area contributed by atoms with Gasteiger partial charge in [0, 0.05) is 54.7 Å². The van der Waals surface area contributed by atoms with Gasteiger partial charge in [0.25, 0.3) is 5.91 Å². The second kappa shape index (κ2) is 12.7. The molecule has 1 aliphatic rings. The van der Waals surface area contributed by atoms with Crippen LogP contribution in [0.3, 0.4) is 0 Å². The van der Waals surface area contributed by atoms with Crippen molar-refractivity contribution in [2.24, 2.45) is 0 Å². The predicted molar refractivity (Wildman–Crippen MR) is 150 cm³/mol. The summed E-state index contributed by atoms with van der Waals surface area (Å²) < 4.78 is 11.7. The first-order valence-electron chi connectivity index (χ1n) is 13.1. The van der Waals surface area contributed by atoms with Crippen molar-refractivity contribution in [3.8, 4) is 5.75 Å². The summed E-state index contributed by atoms with van der Waals surface area (Å²) in [6.07, 6.45) is 3.20. The lowest BCUT2D eigenvalue weighted by atomic mass is 10.1. The maximum Gasteiger partial charge on any atom is 0.287 e. The zero-order chi connectivity index (χ0) is 27.9. The number of nitrogens with zero attached hydrogens (tertiary/aromatic N) is 2. The Morgan fingerprint density at radius 2 is 1.80 bits per heavy atom. The molecule has 4 aromatic rings. The van der Waals surface area contributed by atoms with Crippen molar-refractivity contribution in [2.45, 2.75) is 31.4 Å². The summed E-state index contributed by atoms with van der Waals surface area (Å²) in [7, 11) is 0. The SMILES string of the molecule is O=C(N[C@@H](Cc1ccccn1)C(=O)NCC(=O)N1CCC(Oc2ccccc2)CC1)c1cc2cc(Cl)ccc2o1. The fourth-order valence-corrected chi connectivity index (χ4v) is 4.79. The van der Waals surface area contributed by atoms with E-state index in [0.29, 0.717) is 47.6 Å². The van der Waals surface area contributed by atoms with Crippen LogP contribution in [0.25, 0.3) is 11.0 Å². The highest BCUT2D eigenvalue weighted by Crippen LogP contribution is 2.23. The summed E-state index contributed by atoms with van der Waals surface area (Å²) in [5, 5.41) is 6.61. The van der Waals surface area contributed by atoms with Crippen LogP contribution in [0.2, 0.25) is 5.02 Å². The summed E-state index contributed by atoms with van der Waals surface area (Å²) in [4.78, 5) is 45.1. The molecule has 1 fully saturated rings. The van der Waals surface area contributed by atoms with Gasteiger partial charge in [-0.15, -0.1) is 0 Å². The summed E-state index contributed by atoms with van der Waals surface area (Å²) in [6.45, 7) is 0.896. The average molecular weight is 561 g/mol. The number of likely N-dealkylation sites (tertiary alicyclic amines) is 1. The molecule has 9 nitrogen and oxygen atoms in total. The van der Waals surface area contributed by atoms with Gasteiger partial charge in [0.15, 0.2) is 5.76 Å². The number of piperidine rings is 1. The highest BCUT2D eigenvalue weighted by Gasteiger charge is 2.27. The Labute approximate surface area is 236 Å². The maximum atomic E-state index is 13.2. The zero-order valence-electron chi connectivity index (χ0n) is 21.7. The Hall–Kier alpha value is -4.37. The molecule has 0 aliphatic carbocycles. The number of pyridine rings is 1. The lowest BCUT2D eigenvalue weighted by Crippen LogP contribution is -2.51. The molecule has 1 atom stereocenters. The van der Waals surface area contributed by atoms with E-state index < -0.39 is 17.9 Å². The van der Waals surface area contributed by atoms with Crippen molar-refractivity contribution in [1.82, 2.24) is 20.5 Å². The number of hydrogen-bond acceptors (Lipinski definition) is 6. The number of ether oxygens (including phenoxy) is 1. The van der Waals surface area contributed by atoms with Crippen LogP contribution in [0, 0.1) is 0 Å².